The van der Waals surface area contributed by atoms with E-state index in [0.29, 0.717) is 18.4 Å². The van der Waals surface area contributed by atoms with E-state index in [-0.39, 0.29) is 12.2 Å². The number of hydrogen-bond donors (Lipinski definition) is 3. The maximum atomic E-state index is 13.4. The predicted molar refractivity (Wildman–Crippen MR) is 85.4 cm³/mol. The van der Waals surface area contributed by atoms with Gasteiger partial charge >= 0.3 is 11.8 Å². The van der Waals surface area contributed by atoms with E-state index in [1.54, 1.807) is 6.92 Å². The lowest BCUT2D eigenvalue weighted by atomic mass is 9.94. The van der Waals surface area contributed by atoms with Crippen LogP contribution in [0.15, 0.2) is 18.2 Å². The first kappa shape index (κ1) is 17.4. The highest BCUT2D eigenvalue weighted by molar-refractivity contribution is 6.39. The van der Waals surface area contributed by atoms with Crippen molar-refractivity contribution in [2.45, 2.75) is 51.0 Å². The van der Waals surface area contributed by atoms with Gasteiger partial charge in [0.2, 0.25) is 0 Å². The molecular weight excluding hydrogens is 299 g/mol. The van der Waals surface area contributed by atoms with E-state index in [4.69, 9.17) is 0 Å². The summed E-state index contributed by atoms with van der Waals surface area (Å²) in [6.45, 7) is 1.67. The van der Waals surface area contributed by atoms with Gasteiger partial charge in [-0.25, -0.2) is 4.39 Å². The van der Waals surface area contributed by atoms with Crippen molar-refractivity contribution in [1.29, 1.82) is 0 Å². The largest absolute Gasteiger partial charge is 0.388 e. The highest BCUT2D eigenvalue weighted by Gasteiger charge is 2.29. The van der Waals surface area contributed by atoms with Crippen LogP contribution >= 0.6 is 0 Å². The van der Waals surface area contributed by atoms with Crippen molar-refractivity contribution in [3.63, 3.8) is 0 Å². The van der Waals surface area contributed by atoms with Crippen LogP contribution in [0, 0.1) is 12.7 Å². The summed E-state index contributed by atoms with van der Waals surface area (Å²) in [4.78, 5) is 23.7. The molecule has 6 heteroatoms. The molecular formula is C17H23FN2O3. The quantitative estimate of drug-likeness (QED) is 0.590. The van der Waals surface area contributed by atoms with Crippen molar-refractivity contribution < 1.29 is 19.1 Å². The van der Waals surface area contributed by atoms with E-state index in [1.807, 2.05) is 0 Å². The van der Waals surface area contributed by atoms with Gasteiger partial charge in [0.25, 0.3) is 0 Å². The van der Waals surface area contributed by atoms with Gasteiger partial charge in [-0.15, -0.1) is 0 Å². The van der Waals surface area contributed by atoms with Crippen LogP contribution in [0.4, 0.5) is 10.1 Å². The first-order valence-electron chi connectivity index (χ1n) is 7.97. The van der Waals surface area contributed by atoms with E-state index in [2.05, 4.69) is 10.6 Å². The highest BCUT2D eigenvalue weighted by Crippen LogP contribution is 2.26. The molecule has 0 aliphatic heterocycles. The van der Waals surface area contributed by atoms with Gasteiger partial charge in [0.1, 0.15) is 5.82 Å². The topological polar surface area (TPSA) is 78.4 Å². The number of aliphatic hydroxyl groups is 1. The average Bonchev–Trinajstić information content (AvgIpc) is 2.74. The monoisotopic (exact) mass is 322 g/mol. The van der Waals surface area contributed by atoms with E-state index in [0.717, 1.165) is 25.7 Å². The first-order chi connectivity index (χ1) is 10.9. The standard InChI is InChI=1S/C17H23FN2O3/c1-12-6-7-13(10-14(12)18)20-16(22)15(21)19-11-17(23)8-4-2-3-5-9-17/h6-7,10,23H,2-5,8-9,11H2,1H3,(H,19,21)(H,20,22). The molecule has 1 aliphatic rings. The first-order valence-corrected chi connectivity index (χ1v) is 7.97. The summed E-state index contributed by atoms with van der Waals surface area (Å²) < 4.78 is 13.4. The second-order valence-corrected chi connectivity index (χ2v) is 6.24. The summed E-state index contributed by atoms with van der Waals surface area (Å²) in [6, 6.07) is 4.22. The van der Waals surface area contributed by atoms with Crippen LogP contribution in [0.3, 0.4) is 0 Å². The Morgan fingerprint density at radius 3 is 2.43 bits per heavy atom. The van der Waals surface area contributed by atoms with E-state index >= 15 is 0 Å². The van der Waals surface area contributed by atoms with E-state index in [1.165, 1.54) is 18.2 Å². The van der Waals surface area contributed by atoms with Gasteiger partial charge < -0.3 is 15.7 Å². The molecule has 126 valence electrons. The molecule has 3 N–H and O–H groups in total. The molecule has 0 radical (unpaired) electrons. The van der Waals surface area contributed by atoms with E-state index in [9.17, 15) is 19.1 Å². The number of benzene rings is 1. The molecule has 0 heterocycles. The fourth-order valence-corrected chi connectivity index (χ4v) is 2.75. The summed E-state index contributed by atoms with van der Waals surface area (Å²) >= 11 is 0. The molecule has 0 saturated heterocycles. The van der Waals surface area contributed by atoms with Crippen molar-refractivity contribution in [1.82, 2.24) is 5.32 Å². The molecule has 1 aromatic rings. The zero-order valence-corrected chi connectivity index (χ0v) is 13.3. The Morgan fingerprint density at radius 2 is 1.83 bits per heavy atom. The maximum absolute atomic E-state index is 13.4. The summed E-state index contributed by atoms with van der Waals surface area (Å²) in [5, 5.41) is 15.3. The van der Waals surface area contributed by atoms with Crippen LogP contribution in [-0.2, 0) is 9.59 Å². The number of nitrogens with one attached hydrogen (secondary N) is 2. The van der Waals surface area contributed by atoms with Gasteiger partial charge in [0.15, 0.2) is 0 Å². The third-order valence-corrected chi connectivity index (χ3v) is 4.25. The van der Waals surface area contributed by atoms with Crippen LogP contribution in [0.2, 0.25) is 0 Å². The molecule has 2 amide bonds. The SMILES string of the molecule is Cc1ccc(NC(=O)C(=O)NCC2(O)CCCCCC2)cc1F. The molecule has 23 heavy (non-hydrogen) atoms. The molecule has 1 aliphatic carbocycles. The number of halogens is 1. The Bertz CT molecular complexity index is 581. The van der Waals surface area contributed by atoms with Crippen LogP contribution in [0.1, 0.15) is 44.1 Å². The molecule has 0 spiro atoms. The highest BCUT2D eigenvalue weighted by atomic mass is 19.1. The summed E-state index contributed by atoms with van der Waals surface area (Å²) in [5.41, 5.74) is -0.257. The molecule has 1 aromatic carbocycles. The van der Waals surface area contributed by atoms with Gasteiger partial charge in [-0.3, -0.25) is 9.59 Å². The van der Waals surface area contributed by atoms with Gasteiger partial charge in [0, 0.05) is 12.2 Å². The number of carbonyl (C=O) groups is 2. The van der Waals surface area contributed by atoms with E-state index < -0.39 is 23.2 Å². The maximum Gasteiger partial charge on any atom is 0.313 e. The van der Waals surface area contributed by atoms with Crippen molar-refractivity contribution in [3.05, 3.63) is 29.6 Å². The lowest BCUT2D eigenvalue weighted by Crippen LogP contribution is -2.46. The van der Waals surface area contributed by atoms with Gasteiger partial charge in [-0.1, -0.05) is 31.7 Å². The molecule has 0 unspecified atom stereocenters. The molecule has 5 nitrogen and oxygen atoms in total. The Hall–Kier alpha value is -1.95. The average molecular weight is 322 g/mol. The Labute approximate surface area is 135 Å². The van der Waals surface area contributed by atoms with Crippen LogP contribution in [0.5, 0.6) is 0 Å². The third-order valence-electron chi connectivity index (χ3n) is 4.25. The smallest absolute Gasteiger partial charge is 0.313 e. The summed E-state index contributed by atoms with van der Waals surface area (Å²) in [5.74, 6) is -2.15. The lowest BCUT2D eigenvalue weighted by molar-refractivity contribution is -0.136. The Balaban J connectivity index is 1.87. The fraction of sp³-hybridized carbons (Fsp3) is 0.529. The molecule has 2 rings (SSSR count). The zero-order chi connectivity index (χ0) is 16.9. The number of aryl methyl sites for hydroxylation is 1. The van der Waals surface area contributed by atoms with Crippen molar-refractivity contribution in [2.75, 3.05) is 11.9 Å². The van der Waals surface area contributed by atoms with Crippen LogP contribution in [0.25, 0.3) is 0 Å². The molecule has 1 saturated carbocycles. The fourth-order valence-electron chi connectivity index (χ4n) is 2.75. The minimum atomic E-state index is -0.942. The minimum absolute atomic E-state index is 0.0571. The summed E-state index contributed by atoms with van der Waals surface area (Å²) in [7, 11) is 0. The predicted octanol–water partition coefficient (Wildman–Crippen LogP) is 2.27. The number of amides is 2. The number of carbonyl (C=O) groups excluding carboxylic acids is 2. The second-order valence-electron chi connectivity index (χ2n) is 6.24. The molecule has 1 fully saturated rings. The molecule has 0 atom stereocenters. The minimum Gasteiger partial charge on any atom is -0.388 e. The van der Waals surface area contributed by atoms with Crippen molar-refractivity contribution in [3.8, 4) is 0 Å². The number of hydrogen-bond acceptors (Lipinski definition) is 3. The van der Waals surface area contributed by atoms with Crippen LogP contribution < -0.4 is 10.6 Å². The van der Waals surface area contributed by atoms with Gasteiger partial charge in [-0.05, 0) is 37.5 Å². The second kappa shape index (κ2) is 7.55. The number of rotatable bonds is 3. The normalized spacial score (nSPS) is 17.2. The lowest BCUT2D eigenvalue weighted by Gasteiger charge is -2.26. The van der Waals surface area contributed by atoms with Crippen LogP contribution in [-0.4, -0.2) is 29.1 Å². The molecule has 0 aromatic heterocycles. The molecule has 0 bridgehead atoms. The van der Waals surface area contributed by atoms with Gasteiger partial charge in [0.05, 0.1) is 5.60 Å². The van der Waals surface area contributed by atoms with Crippen molar-refractivity contribution in [2.24, 2.45) is 0 Å². The van der Waals surface area contributed by atoms with Gasteiger partial charge in [-0.2, -0.15) is 0 Å². The third kappa shape index (κ3) is 5.03. The Morgan fingerprint density at radius 1 is 1.17 bits per heavy atom. The zero-order valence-electron chi connectivity index (χ0n) is 13.3. The Kier molecular flexibility index (Phi) is 5.71. The summed E-state index contributed by atoms with van der Waals surface area (Å²) in [6.07, 6.45) is 5.24. The van der Waals surface area contributed by atoms with Crippen molar-refractivity contribution >= 4 is 17.5 Å². The number of anilines is 1.